The number of carbonyl (C=O) groups is 2. The Kier molecular flexibility index (Phi) is 6.35. The summed E-state index contributed by atoms with van der Waals surface area (Å²) in [6.07, 6.45) is 0. The number of hydrogen-bond donors (Lipinski definition) is 1. The van der Waals surface area contributed by atoms with E-state index in [1.54, 1.807) is 0 Å². The smallest absolute Gasteiger partial charge is 0.239 e. The third kappa shape index (κ3) is 4.50. The highest BCUT2D eigenvalue weighted by atomic mass is 19.1. The van der Waals surface area contributed by atoms with Crippen LogP contribution in [0.15, 0.2) is 66.7 Å². The summed E-state index contributed by atoms with van der Waals surface area (Å²) in [4.78, 5) is 26.1. The number of phenolic OH excluding ortho intramolecular Hbond substituents is 1. The van der Waals surface area contributed by atoms with Crippen molar-refractivity contribution in [2.45, 2.75) is 27.7 Å². The Morgan fingerprint density at radius 2 is 1.09 bits per heavy atom. The fourth-order valence-corrected chi connectivity index (χ4v) is 3.98. The SMILES string of the molecule is Cc1ccc(-c2cc(C(=O)C(=O)c3c(F)cccc3F)cc(-c3ccc(C)c(C)c3)c2O)cc1C. The zero-order valence-corrected chi connectivity index (χ0v) is 19.9. The number of Topliss-reactive ketones (excluding diaryl/α,β-unsaturated/α-hetero) is 2. The van der Waals surface area contributed by atoms with Crippen molar-refractivity contribution in [3.8, 4) is 28.0 Å². The van der Waals surface area contributed by atoms with Crippen LogP contribution in [-0.4, -0.2) is 16.7 Å². The van der Waals surface area contributed by atoms with E-state index in [1.165, 1.54) is 12.1 Å². The predicted molar refractivity (Wildman–Crippen MR) is 133 cm³/mol. The molecule has 0 atom stereocenters. The molecule has 35 heavy (non-hydrogen) atoms. The normalized spacial score (nSPS) is 10.9. The van der Waals surface area contributed by atoms with E-state index in [9.17, 15) is 23.5 Å². The van der Waals surface area contributed by atoms with Gasteiger partial charge in [-0.3, -0.25) is 9.59 Å². The van der Waals surface area contributed by atoms with Crippen molar-refractivity contribution < 1.29 is 23.5 Å². The van der Waals surface area contributed by atoms with Crippen molar-refractivity contribution in [2.24, 2.45) is 0 Å². The molecule has 0 aliphatic rings. The molecule has 4 aromatic rings. The summed E-state index contributed by atoms with van der Waals surface area (Å²) < 4.78 is 28.5. The second-order valence-electron chi connectivity index (χ2n) is 8.77. The quantitative estimate of drug-likeness (QED) is 0.246. The van der Waals surface area contributed by atoms with Crippen LogP contribution in [0.1, 0.15) is 43.0 Å². The molecule has 0 aliphatic carbocycles. The first-order valence-corrected chi connectivity index (χ1v) is 11.1. The molecule has 0 heterocycles. The lowest BCUT2D eigenvalue weighted by atomic mass is 9.90. The van der Waals surface area contributed by atoms with E-state index in [0.717, 1.165) is 40.5 Å². The van der Waals surface area contributed by atoms with Gasteiger partial charge in [-0.15, -0.1) is 0 Å². The molecule has 0 spiro atoms. The van der Waals surface area contributed by atoms with Gasteiger partial charge in [0.25, 0.3) is 0 Å². The number of aromatic hydroxyl groups is 1. The van der Waals surface area contributed by atoms with Gasteiger partial charge in [-0.1, -0.05) is 42.5 Å². The van der Waals surface area contributed by atoms with Crippen LogP contribution >= 0.6 is 0 Å². The van der Waals surface area contributed by atoms with E-state index in [0.29, 0.717) is 22.3 Å². The molecule has 176 valence electrons. The molecule has 0 unspecified atom stereocenters. The first kappa shape index (κ1) is 24.0. The maximum atomic E-state index is 14.2. The second kappa shape index (κ2) is 9.26. The number of carbonyl (C=O) groups excluding carboxylic acids is 2. The second-order valence-corrected chi connectivity index (χ2v) is 8.77. The fourth-order valence-electron chi connectivity index (χ4n) is 3.98. The van der Waals surface area contributed by atoms with Gasteiger partial charge in [0.15, 0.2) is 0 Å². The molecule has 0 fully saturated rings. The van der Waals surface area contributed by atoms with Crippen LogP contribution in [0, 0.1) is 39.3 Å². The maximum absolute atomic E-state index is 14.2. The van der Waals surface area contributed by atoms with E-state index >= 15 is 0 Å². The fraction of sp³-hybridized carbons (Fsp3) is 0.133. The maximum Gasteiger partial charge on any atom is 0.239 e. The van der Waals surface area contributed by atoms with Gasteiger partial charge in [-0.05, 0) is 85.3 Å². The van der Waals surface area contributed by atoms with Gasteiger partial charge in [0.2, 0.25) is 11.6 Å². The highest BCUT2D eigenvalue weighted by Crippen LogP contribution is 2.40. The lowest BCUT2D eigenvalue weighted by Gasteiger charge is -2.15. The van der Waals surface area contributed by atoms with E-state index in [-0.39, 0.29) is 11.3 Å². The molecular weight excluding hydrogens is 446 g/mol. The number of benzene rings is 4. The third-order valence-corrected chi connectivity index (χ3v) is 6.40. The van der Waals surface area contributed by atoms with Crippen LogP contribution in [-0.2, 0) is 0 Å². The molecular formula is C30H24F2O3. The standard InChI is InChI=1S/C30H24F2O3/c1-16-8-10-20(12-18(16)3)23-14-22(28(33)30(35)27-25(31)6-5-7-26(27)32)15-24(29(23)34)21-11-9-17(2)19(4)13-21/h5-15,34H,1-4H3. The Hall–Kier alpha value is -4.12. The minimum Gasteiger partial charge on any atom is -0.507 e. The van der Waals surface area contributed by atoms with Crippen LogP contribution in [0.3, 0.4) is 0 Å². The lowest BCUT2D eigenvalue weighted by molar-refractivity contribution is 0.0811. The third-order valence-electron chi connectivity index (χ3n) is 6.40. The number of aryl methyl sites for hydroxylation is 4. The van der Waals surface area contributed by atoms with Gasteiger partial charge in [0.05, 0.1) is 5.56 Å². The molecule has 0 bridgehead atoms. The van der Waals surface area contributed by atoms with Gasteiger partial charge in [0, 0.05) is 16.7 Å². The first-order chi connectivity index (χ1) is 16.6. The average Bonchev–Trinajstić information content (AvgIpc) is 2.82. The van der Waals surface area contributed by atoms with Crippen LogP contribution in [0.5, 0.6) is 5.75 Å². The van der Waals surface area contributed by atoms with E-state index in [2.05, 4.69) is 0 Å². The summed E-state index contributed by atoms with van der Waals surface area (Å²) >= 11 is 0. The minimum absolute atomic E-state index is 0.0578. The van der Waals surface area contributed by atoms with Crippen LogP contribution < -0.4 is 0 Å². The summed E-state index contributed by atoms with van der Waals surface area (Å²) in [7, 11) is 0. The first-order valence-electron chi connectivity index (χ1n) is 11.1. The Morgan fingerprint density at radius 1 is 0.629 bits per heavy atom. The summed E-state index contributed by atoms with van der Waals surface area (Å²) in [6, 6.07) is 16.9. The zero-order chi connectivity index (χ0) is 25.4. The predicted octanol–water partition coefficient (Wildman–Crippen LogP) is 7.30. The minimum atomic E-state index is -1.29. The summed E-state index contributed by atoms with van der Waals surface area (Å²) in [6.45, 7) is 7.78. The molecule has 1 N–H and O–H groups in total. The molecule has 0 amide bonds. The summed E-state index contributed by atoms with van der Waals surface area (Å²) in [5, 5.41) is 11.2. The van der Waals surface area contributed by atoms with Gasteiger partial charge in [-0.2, -0.15) is 0 Å². The molecule has 0 aliphatic heterocycles. The van der Waals surface area contributed by atoms with E-state index in [4.69, 9.17) is 0 Å². The highest BCUT2D eigenvalue weighted by molar-refractivity contribution is 6.49. The van der Waals surface area contributed by atoms with E-state index < -0.39 is 28.8 Å². The Bertz CT molecular complexity index is 1410. The topological polar surface area (TPSA) is 54.4 Å². The molecule has 4 rings (SSSR count). The highest BCUT2D eigenvalue weighted by Gasteiger charge is 2.27. The summed E-state index contributed by atoms with van der Waals surface area (Å²) in [5.74, 6) is -4.62. The number of halogens is 2. The molecule has 3 nitrogen and oxygen atoms in total. The van der Waals surface area contributed by atoms with Crippen molar-refractivity contribution in [2.75, 3.05) is 0 Å². The lowest BCUT2D eigenvalue weighted by Crippen LogP contribution is -2.18. The molecule has 0 saturated heterocycles. The molecule has 4 aromatic carbocycles. The largest absolute Gasteiger partial charge is 0.507 e. The average molecular weight is 471 g/mol. The Labute approximate surface area is 202 Å². The van der Waals surface area contributed by atoms with Crippen LogP contribution in [0.4, 0.5) is 8.78 Å². The molecule has 0 aromatic heterocycles. The van der Waals surface area contributed by atoms with Crippen molar-refractivity contribution >= 4 is 11.6 Å². The van der Waals surface area contributed by atoms with Crippen molar-refractivity contribution in [1.82, 2.24) is 0 Å². The van der Waals surface area contributed by atoms with Crippen molar-refractivity contribution in [3.05, 3.63) is 112 Å². The zero-order valence-electron chi connectivity index (χ0n) is 19.9. The van der Waals surface area contributed by atoms with E-state index in [1.807, 2.05) is 64.1 Å². The van der Waals surface area contributed by atoms with Crippen LogP contribution in [0.2, 0.25) is 0 Å². The number of hydrogen-bond acceptors (Lipinski definition) is 3. The number of phenols is 1. The molecule has 0 saturated carbocycles. The van der Waals surface area contributed by atoms with Gasteiger partial charge in [-0.25, -0.2) is 8.78 Å². The monoisotopic (exact) mass is 470 g/mol. The Morgan fingerprint density at radius 3 is 1.51 bits per heavy atom. The van der Waals surface area contributed by atoms with Gasteiger partial charge >= 0.3 is 0 Å². The van der Waals surface area contributed by atoms with Gasteiger partial charge < -0.3 is 5.11 Å². The molecule has 5 heteroatoms. The summed E-state index contributed by atoms with van der Waals surface area (Å²) in [5.41, 5.74) is 5.09. The Balaban J connectivity index is 1.94. The number of ketones is 2. The van der Waals surface area contributed by atoms with Gasteiger partial charge in [0.1, 0.15) is 17.4 Å². The van der Waals surface area contributed by atoms with Crippen LogP contribution in [0.25, 0.3) is 22.3 Å². The van der Waals surface area contributed by atoms with Crippen molar-refractivity contribution in [3.63, 3.8) is 0 Å². The number of rotatable bonds is 5. The van der Waals surface area contributed by atoms with Crippen molar-refractivity contribution in [1.29, 1.82) is 0 Å². The molecule has 0 radical (unpaired) electrons.